The first-order chi connectivity index (χ1) is 14.6. The SMILES string of the molecule is CCCCCCOc1ccc2c(O)c(OCCCCCC)c(=O)n(CCCC)c2c1. The molecule has 1 aromatic heterocycles. The third-order valence-corrected chi connectivity index (χ3v) is 5.42. The first-order valence-corrected chi connectivity index (χ1v) is 11.8. The number of rotatable bonds is 15. The van der Waals surface area contributed by atoms with Crippen molar-refractivity contribution >= 4 is 10.9 Å². The molecule has 0 atom stereocenters. The van der Waals surface area contributed by atoms with Gasteiger partial charge in [-0.15, -0.1) is 0 Å². The van der Waals surface area contributed by atoms with Crippen molar-refractivity contribution < 1.29 is 14.6 Å². The van der Waals surface area contributed by atoms with Crippen LogP contribution in [0.3, 0.4) is 0 Å². The van der Waals surface area contributed by atoms with Gasteiger partial charge in [0.05, 0.1) is 18.7 Å². The monoisotopic (exact) mass is 417 g/mol. The molecule has 5 nitrogen and oxygen atoms in total. The Balaban J connectivity index is 2.27. The number of fused-ring (bicyclic) bond motifs is 1. The molecule has 2 rings (SSSR count). The van der Waals surface area contributed by atoms with Crippen molar-refractivity contribution in [1.82, 2.24) is 4.57 Å². The van der Waals surface area contributed by atoms with Crippen molar-refractivity contribution in [3.05, 3.63) is 28.6 Å². The van der Waals surface area contributed by atoms with Gasteiger partial charge >= 0.3 is 0 Å². The predicted molar refractivity (Wildman–Crippen MR) is 124 cm³/mol. The van der Waals surface area contributed by atoms with E-state index in [1.54, 1.807) is 4.57 Å². The summed E-state index contributed by atoms with van der Waals surface area (Å²) < 4.78 is 13.4. The third kappa shape index (κ3) is 6.68. The molecule has 0 fully saturated rings. The Morgan fingerprint density at radius 2 is 1.47 bits per heavy atom. The Hall–Kier alpha value is -2.17. The molecule has 30 heavy (non-hydrogen) atoms. The molecule has 0 bridgehead atoms. The molecule has 2 aromatic rings. The topological polar surface area (TPSA) is 60.7 Å². The number of hydrogen-bond donors (Lipinski definition) is 1. The van der Waals surface area contributed by atoms with Crippen LogP contribution in [-0.2, 0) is 6.54 Å². The lowest BCUT2D eigenvalue weighted by atomic mass is 10.1. The van der Waals surface area contributed by atoms with Crippen molar-refractivity contribution in [2.75, 3.05) is 13.2 Å². The number of benzene rings is 1. The first kappa shape index (κ1) is 24.1. The molecule has 1 N–H and O–H groups in total. The Morgan fingerprint density at radius 3 is 2.10 bits per heavy atom. The molecule has 0 saturated carbocycles. The highest BCUT2D eigenvalue weighted by Crippen LogP contribution is 2.33. The van der Waals surface area contributed by atoms with Crippen LogP contribution in [0.25, 0.3) is 10.9 Å². The van der Waals surface area contributed by atoms with Crippen LogP contribution in [0.4, 0.5) is 0 Å². The summed E-state index contributed by atoms with van der Waals surface area (Å²) in [6, 6.07) is 5.57. The van der Waals surface area contributed by atoms with Crippen molar-refractivity contribution in [3.8, 4) is 17.2 Å². The van der Waals surface area contributed by atoms with Crippen LogP contribution in [0.15, 0.2) is 23.0 Å². The van der Waals surface area contributed by atoms with E-state index in [4.69, 9.17) is 9.47 Å². The number of ether oxygens (including phenoxy) is 2. The minimum Gasteiger partial charge on any atom is -0.504 e. The quantitative estimate of drug-likeness (QED) is 0.339. The molecule has 0 aliphatic carbocycles. The Labute approximate surface area is 181 Å². The summed E-state index contributed by atoms with van der Waals surface area (Å²) in [6.45, 7) is 8.15. The molecular weight excluding hydrogens is 378 g/mol. The first-order valence-electron chi connectivity index (χ1n) is 11.8. The second-order valence-electron chi connectivity index (χ2n) is 7.99. The van der Waals surface area contributed by atoms with Gasteiger partial charge in [0.25, 0.3) is 5.56 Å². The second-order valence-corrected chi connectivity index (χ2v) is 7.99. The summed E-state index contributed by atoms with van der Waals surface area (Å²) in [6.07, 6.45) is 10.7. The maximum absolute atomic E-state index is 13.1. The van der Waals surface area contributed by atoms with Crippen LogP contribution in [0.5, 0.6) is 17.2 Å². The third-order valence-electron chi connectivity index (χ3n) is 5.42. The van der Waals surface area contributed by atoms with Gasteiger partial charge in [-0.1, -0.05) is 65.7 Å². The maximum Gasteiger partial charge on any atom is 0.297 e. The number of pyridine rings is 1. The van der Waals surface area contributed by atoms with Gasteiger partial charge in [0, 0.05) is 18.0 Å². The van der Waals surface area contributed by atoms with E-state index in [-0.39, 0.29) is 17.1 Å². The Kier molecular flexibility index (Phi) is 10.6. The highest BCUT2D eigenvalue weighted by molar-refractivity contribution is 5.88. The number of aryl methyl sites for hydroxylation is 1. The Morgan fingerprint density at radius 1 is 0.833 bits per heavy atom. The summed E-state index contributed by atoms with van der Waals surface area (Å²) in [5.41, 5.74) is 0.444. The largest absolute Gasteiger partial charge is 0.504 e. The fourth-order valence-electron chi connectivity index (χ4n) is 3.57. The normalized spacial score (nSPS) is 11.2. The predicted octanol–water partition coefficient (Wildman–Crippen LogP) is 6.43. The summed E-state index contributed by atoms with van der Waals surface area (Å²) in [7, 11) is 0. The number of aromatic nitrogens is 1. The average Bonchev–Trinajstić information content (AvgIpc) is 2.75. The second kappa shape index (κ2) is 13.2. The van der Waals surface area contributed by atoms with Crippen LogP contribution in [0.1, 0.15) is 85.0 Å². The van der Waals surface area contributed by atoms with Gasteiger partial charge < -0.3 is 19.1 Å². The van der Waals surface area contributed by atoms with E-state index in [1.807, 2.05) is 18.2 Å². The van der Waals surface area contributed by atoms with Gasteiger partial charge in [-0.05, 0) is 31.4 Å². The van der Waals surface area contributed by atoms with E-state index in [9.17, 15) is 9.90 Å². The van der Waals surface area contributed by atoms with E-state index in [1.165, 1.54) is 12.8 Å². The lowest BCUT2D eigenvalue weighted by molar-refractivity contribution is 0.284. The van der Waals surface area contributed by atoms with Gasteiger partial charge in [0.2, 0.25) is 5.75 Å². The molecule has 168 valence electrons. The van der Waals surface area contributed by atoms with Gasteiger partial charge in [-0.3, -0.25) is 4.79 Å². The zero-order valence-electron chi connectivity index (χ0n) is 19.0. The smallest absolute Gasteiger partial charge is 0.297 e. The lowest BCUT2D eigenvalue weighted by Gasteiger charge is -2.16. The van der Waals surface area contributed by atoms with E-state index in [0.717, 1.165) is 57.1 Å². The summed E-state index contributed by atoms with van der Waals surface area (Å²) in [4.78, 5) is 13.1. The lowest BCUT2D eigenvalue weighted by Crippen LogP contribution is -2.23. The van der Waals surface area contributed by atoms with Gasteiger partial charge in [-0.25, -0.2) is 0 Å². The molecule has 0 saturated heterocycles. The zero-order chi connectivity index (χ0) is 21.8. The van der Waals surface area contributed by atoms with Crippen LogP contribution in [-0.4, -0.2) is 22.9 Å². The number of nitrogens with zero attached hydrogens (tertiary/aromatic N) is 1. The molecule has 0 unspecified atom stereocenters. The Bertz CT molecular complexity index is 828. The average molecular weight is 418 g/mol. The van der Waals surface area contributed by atoms with Gasteiger partial charge in [0.15, 0.2) is 5.75 Å². The highest BCUT2D eigenvalue weighted by atomic mass is 16.5. The molecule has 0 aliphatic rings. The number of unbranched alkanes of at least 4 members (excludes halogenated alkanes) is 7. The minimum absolute atomic E-state index is 0.0623. The molecule has 1 heterocycles. The van der Waals surface area contributed by atoms with E-state index in [2.05, 4.69) is 20.8 Å². The van der Waals surface area contributed by atoms with Gasteiger partial charge in [0.1, 0.15) is 5.75 Å². The number of hydrogen-bond acceptors (Lipinski definition) is 4. The standard InChI is InChI=1S/C25H39NO4/c1-4-7-10-12-17-29-20-14-15-21-22(19-20)26(16-9-6-3)25(28)24(23(21)27)30-18-13-11-8-5-2/h14-15,19,27H,4-13,16-18H2,1-3H3. The zero-order valence-corrected chi connectivity index (χ0v) is 19.0. The minimum atomic E-state index is -0.260. The molecule has 0 amide bonds. The maximum atomic E-state index is 13.1. The van der Waals surface area contributed by atoms with Crippen molar-refractivity contribution in [2.24, 2.45) is 0 Å². The fraction of sp³-hybridized carbons (Fsp3) is 0.640. The molecular formula is C25H39NO4. The summed E-state index contributed by atoms with van der Waals surface area (Å²) in [5.74, 6) is 0.743. The number of aromatic hydroxyl groups is 1. The molecule has 0 aliphatic heterocycles. The molecule has 5 heteroatoms. The van der Waals surface area contributed by atoms with Crippen LogP contribution >= 0.6 is 0 Å². The molecule has 0 spiro atoms. The summed E-state index contributed by atoms with van der Waals surface area (Å²) >= 11 is 0. The van der Waals surface area contributed by atoms with Crippen LogP contribution < -0.4 is 15.0 Å². The van der Waals surface area contributed by atoms with Crippen molar-refractivity contribution in [3.63, 3.8) is 0 Å². The van der Waals surface area contributed by atoms with Gasteiger partial charge in [-0.2, -0.15) is 0 Å². The van der Waals surface area contributed by atoms with E-state index in [0.29, 0.717) is 30.7 Å². The summed E-state index contributed by atoms with van der Waals surface area (Å²) in [5, 5.41) is 11.4. The van der Waals surface area contributed by atoms with Crippen molar-refractivity contribution in [2.45, 2.75) is 91.5 Å². The van der Waals surface area contributed by atoms with Crippen LogP contribution in [0, 0.1) is 0 Å². The van der Waals surface area contributed by atoms with Crippen LogP contribution in [0.2, 0.25) is 0 Å². The molecule has 1 aromatic carbocycles. The van der Waals surface area contributed by atoms with E-state index >= 15 is 0 Å². The van der Waals surface area contributed by atoms with E-state index < -0.39 is 0 Å². The highest BCUT2D eigenvalue weighted by Gasteiger charge is 2.18. The van der Waals surface area contributed by atoms with Crippen molar-refractivity contribution in [1.29, 1.82) is 0 Å². The molecule has 0 radical (unpaired) electrons. The fourth-order valence-corrected chi connectivity index (χ4v) is 3.57.